The van der Waals surface area contributed by atoms with E-state index in [2.05, 4.69) is 10.4 Å². The van der Waals surface area contributed by atoms with Crippen LogP contribution in [0.4, 0.5) is 0 Å². The molecular formula is C23H25N3O3. The summed E-state index contributed by atoms with van der Waals surface area (Å²) in [6.07, 6.45) is 7.08. The van der Waals surface area contributed by atoms with Crippen LogP contribution in [0.15, 0.2) is 40.9 Å². The van der Waals surface area contributed by atoms with Crippen molar-refractivity contribution in [1.82, 2.24) is 15.1 Å². The molecule has 6 heteroatoms. The number of nitrogens with one attached hydrogen (secondary N) is 1. The molecule has 6 nitrogen and oxygen atoms in total. The largest absolute Gasteiger partial charge is 0.497 e. The van der Waals surface area contributed by atoms with Gasteiger partial charge in [0.1, 0.15) is 17.3 Å². The van der Waals surface area contributed by atoms with Crippen molar-refractivity contribution in [2.75, 3.05) is 7.11 Å². The van der Waals surface area contributed by atoms with Crippen LogP contribution in [-0.2, 0) is 6.42 Å². The van der Waals surface area contributed by atoms with E-state index in [0.717, 1.165) is 60.6 Å². The Morgan fingerprint density at radius 3 is 2.76 bits per heavy atom. The van der Waals surface area contributed by atoms with Gasteiger partial charge in [-0.1, -0.05) is 0 Å². The molecule has 1 amide bonds. The van der Waals surface area contributed by atoms with Gasteiger partial charge in [-0.15, -0.1) is 0 Å². The molecule has 0 bridgehead atoms. The van der Waals surface area contributed by atoms with E-state index in [4.69, 9.17) is 9.15 Å². The van der Waals surface area contributed by atoms with Gasteiger partial charge in [0.2, 0.25) is 0 Å². The van der Waals surface area contributed by atoms with Crippen LogP contribution in [0.2, 0.25) is 0 Å². The lowest BCUT2D eigenvalue weighted by atomic mass is 9.92. The highest BCUT2D eigenvalue weighted by molar-refractivity contribution is 5.95. The van der Waals surface area contributed by atoms with Crippen LogP contribution >= 0.6 is 0 Å². The molecular weight excluding hydrogens is 366 g/mol. The van der Waals surface area contributed by atoms with Crippen molar-refractivity contribution in [2.24, 2.45) is 0 Å². The molecule has 2 aromatic heterocycles. The van der Waals surface area contributed by atoms with Crippen LogP contribution in [0.3, 0.4) is 0 Å². The predicted molar refractivity (Wildman–Crippen MR) is 109 cm³/mol. The minimum absolute atomic E-state index is 0.0306. The lowest BCUT2D eigenvalue weighted by molar-refractivity contribution is 0.0931. The maximum atomic E-state index is 12.9. The van der Waals surface area contributed by atoms with E-state index in [9.17, 15) is 4.79 Å². The molecule has 29 heavy (non-hydrogen) atoms. The molecule has 1 unspecified atom stereocenters. The zero-order chi connectivity index (χ0) is 20.0. The third kappa shape index (κ3) is 3.33. The van der Waals surface area contributed by atoms with Gasteiger partial charge in [0.25, 0.3) is 5.91 Å². The van der Waals surface area contributed by atoms with Gasteiger partial charge in [-0.25, -0.2) is 4.68 Å². The van der Waals surface area contributed by atoms with Gasteiger partial charge in [-0.3, -0.25) is 4.79 Å². The number of nitrogens with zero attached hydrogens (tertiary/aromatic N) is 2. The molecule has 0 aliphatic heterocycles. The normalized spacial score (nSPS) is 18.3. The number of aromatic nitrogens is 2. The predicted octanol–water partition coefficient (Wildman–Crippen LogP) is 4.47. The Kier molecular flexibility index (Phi) is 4.42. The van der Waals surface area contributed by atoms with Crippen LogP contribution in [0.25, 0.3) is 5.69 Å². The van der Waals surface area contributed by atoms with Gasteiger partial charge >= 0.3 is 0 Å². The fourth-order valence-corrected chi connectivity index (χ4v) is 4.19. The number of ether oxygens (including phenoxy) is 1. The maximum Gasteiger partial charge on any atom is 0.255 e. The van der Waals surface area contributed by atoms with E-state index < -0.39 is 0 Å². The van der Waals surface area contributed by atoms with Crippen molar-refractivity contribution >= 4 is 5.91 Å². The molecule has 1 saturated carbocycles. The highest BCUT2D eigenvalue weighted by atomic mass is 16.5. The molecule has 0 radical (unpaired) electrons. The van der Waals surface area contributed by atoms with Gasteiger partial charge in [0, 0.05) is 17.2 Å². The van der Waals surface area contributed by atoms with Gasteiger partial charge < -0.3 is 14.5 Å². The molecule has 0 saturated heterocycles. The first-order valence-electron chi connectivity index (χ1n) is 10.3. The van der Waals surface area contributed by atoms with Crippen LogP contribution in [0, 0.1) is 6.92 Å². The average Bonchev–Trinajstić information content (AvgIpc) is 3.38. The second kappa shape index (κ2) is 7.10. The molecule has 0 spiro atoms. The summed E-state index contributed by atoms with van der Waals surface area (Å²) in [4.78, 5) is 12.9. The summed E-state index contributed by atoms with van der Waals surface area (Å²) < 4.78 is 13.0. The van der Waals surface area contributed by atoms with E-state index in [1.165, 1.54) is 0 Å². The summed E-state index contributed by atoms with van der Waals surface area (Å²) >= 11 is 0. The van der Waals surface area contributed by atoms with Crippen molar-refractivity contribution in [3.05, 3.63) is 64.9 Å². The van der Waals surface area contributed by atoms with E-state index in [-0.39, 0.29) is 11.9 Å². The fourth-order valence-electron chi connectivity index (χ4n) is 4.19. The fraction of sp³-hybridized carbons (Fsp3) is 0.391. The van der Waals surface area contributed by atoms with Crippen LogP contribution < -0.4 is 10.1 Å². The van der Waals surface area contributed by atoms with Crippen LogP contribution in [-0.4, -0.2) is 22.8 Å². The molecule has 5 rings (SSSR count). The van der Waals surface area contributed by atoms with Crippen molar-refractivity contribution in [1.29, 1.82) is 0 Å². The third-order valence-electron chi connectivity index (χ3n) is 5.97. The summed E-state index contributed by atoms with van der Waals surface area (Å²) in [5.74, 6) is 2.91. The van der Waals surface area contributed by atoms with Crippen molar-refractivity contribution < 1.29 is 13.9 Å². The molecule has 1 fully saturated rings. The number of fused-ring (bicyclic) bond motifs is 1. The first-order valence-corrected chi connectivity index (χ1v) is 10.3. The lowest BCUT2D eigenvalue weighted by Gasteiger charge is -2.24. The molecule has 2 aliphatic rings. The number of benzene rings is 1. The van der Waals surface area contributed by atoms with E-state index >= 15 is 0 Å². The Balaban J connectivity index is 1.38. The SMILES string of the molecule is COc1ccc(-n2ncc3c2CCCC3NC(=O)c2cc(C3CC3)oc2C)cc1. The molecule has 1 atom stereocenters. The van der Waals surface area contributed by atoms with Crippen LogP contribution in [0.1, 0.15) is 70.8 Å². The summed E-state index contributed by atoms with van der Waals surface area (Å²) in [5, 5.41) is 7.83. The van der Waals surface area contributed by atoms with Gasteiger partial charge in [0.05, 0.1) is 30.6 Å². The first-order chi connectivity index (χ1) is 14.1. The zero-order valence-corrected chi connectivity index (χ0v) is 16.8. The topological polar surface area (TPSA) is 69.3 Å². The number of amides is 1. The number of aryl methyl sites for hydroxylation is 1. The third-order valence-corrected chi connectivity index (χ3v) is 5.97. The molecule has 1 aromatic carbocycles. The minimum Gasteiger partial charge on any atom is -0.497 e. The Morgan fingerprint density at radius 1 is 1.24 bits per heavy atom. The molecule has 2 heterocycles. The number of furan rings is 1. The number of carbonyl (C=O) groups is 1. The van der Waals surface area contributed by atoms with Crippen molar-refractivity contribution in [3.63, 3.8) is 0 Å². The Labute approximate surface area is 169 Å². The smallest absolute Gasteiger partial charge is 0.255 e. The van der Waals surface area contributed by atoms with Gasteiger partial charge in [-0.05, 0) is 69.4 Å². The lowest BCUT2D eigenvalue weighted by Crippen LogP contribution is -2.31. The molecule has 1 N–H and O–H groups in total. The summed E-state index contributed by atoms with van der Waals surface area (Å²) in [7, 11) is 1.66. The minimum atomic E-state index is -0.0619. The standard InChI is InChI=1S/C23H25N3O3/c1-14-18(12-22(29-14)15-6-7-15)23(27)25-20-4-3-5-21-19(20)13-24-26(21)16-8-10-17(28-2)11-9-16/h8-13,15,20H,3-7H2,1-2H3,(H,25,27). The van der Waals surface area contributed by atoms with E-state index in [0.29, 0.717) is 17.2 Å². The van der Waals surface area contributed by atoms with Gasteiger partial charge in [-0.2, -0.15) is 5.10 Å². The zero-order valence-electron chi connectivity index (χ0n) is 16.8. The first kappa shape index (κ1) is 18.0. The highest BCUT2D eigenvalue weighted by Gasteiger charge is 2.31. The quantitative estimate of drug-likeness (QED) is 0.697. The Hall–Kier alpha value is -3.02. The van der Waals surface area contributed by atoms with Crippen molar-refractivity contribution in [3.8, 4) is 11.4 Å². The number of hydrogen-bond acceptors (Lipinski definition) is 4. The maximum absolute atomic E-state index is 12.9. The number of hydrogen-bond donors (Lipinski definition) is 1. The Bertz CT molecular complexity index is 1040. The number of methoxy groups -OCH3 is 1. The summed E-state index contributed by atoms with van der Waals surface area (Å²) in [5.41, 5.74) is 3.92. The molecule has 3 aromatic rings. The highest BCUT2D eigenvalue weighted by Crippen LogP contribution is 2.41. The summed E-state index contributed by atoms with van der Waals surface area (Å²) in [6.45, 7) is 1.87. The second-order valence-corrected chi connectivity index (χ2v) is 7.97. The molecule has 2 aliphatic carbocycles. The summed E-state index contributed by atoms with van der Waals surface area (Å²) in [6, 6.07) is 9.77. The van der Waals surface area contributed by atoms with Crippen LogP contribution in [0.5, 0.6) is 5.75 Å². The monoisotopic (exact) mass is 391 g/mol. The number of carbonyl (C=O) groups excluding carboxylic acids is 1. The second-order valence-electron chi connectivity index (χ2n) is 7.97. The van der Waals surface area contributed by atoms with Crippen molar-refractivity contribution in [2.45, 2.75) is 51.0 Å². The van der Waals surface area contributed by atoms with E-state index in [1.807, 2.05) is 48.1 Å². The molecule has 150 valence electrons. The number of rotatable bonds is 5. The Morgan fingerprint density at radius 2 is 2.03 bits per heavy atom. The average molecular weight is 391 g/mol. The van der Waals surface area contributed by atoms with Gasteiger partial charge in [0.15, 0.2) is 0 Å². The van der Waals surface area contributed by atoms with E-state index in [1.54, 1.807) is 7.11 Å².